The highest BCUT2D eigenvalue weighted by molar-refractivity contribution is 7.09. The van der Waals surface area contributed by atoms with Crippen LogP contribution in [0.3, 0.4) is 0 Å². The van der Waals surface area contributed by atoms with Crippen molar-refractivity contribution >= 4 is 22.6 Å². The van der Waals surface area contributed by atoms with Crippen LogP contribution >= 0.6 is 11.5 Å². The Balaban J connectivity index is 1.55. The van der Waals surface area contributed by atoms with Gasteiger partial charge in [-0.1, -0.05) is 0 Å². The van der Waals surface area contributed by atoms with Crippen molar-refractivity contribution in [1.82, 2.24) is 14.7 Å². The van der Waals surface area contributed by atoms with E-state index in [1.54, 1.807) is 0 Å². The molecule has 0 saturated heterocycles. The highest BCUT2D eigenvalue weighted by atomic mass is 32.1. The van der Waals surface area contributed by atoms with Gasteiger partial charge in [0, 0.05) is 30.5 Å². The number of carbonyl (C=O) groups excluding carboxylic acids is 1. The number of nitrogens with zero attached hydrogens (tertiary/aromatic N) is 3. The number of hydrogen-bond acceptors (Lipinski definition) is 5. The van der Waals surface area contributed by atoms with E-state index in [2.05, 4.69) is 14.7 Å². The van der Waals surface area contributed by atoms with Gasteiger partial charge >= 0.3 is 0 Å². The fourth-order valence-corrected chi connectivity index (χ4v) is 2.38. The molecule has 3 rings (SSSR count). The maximum Gasteiger partial charge on any atom is 0.239 e. The van der Waals surface area contributed by atoms with Gasteiger partial charge in [-0.25, -0.2) is 4.98 Å². The molecule has 2 aliphatic rings. The zero-order valence-electron chi connectivity index (χ0n) is 9.85. The van der Waals surface area contributed by atoms with E-state index < -0.39 is 0 Å². The largest absolute Gasteiger partial charge is 0.352 e. The van der Waals surface area contributed by atoms with Gasteiger partial charge in [-0.15, -0.1) is 0 Å². The number of hydrogen-bond donors (Lipinski definition) is 1. The summed E-state index contributed by atoms with van der Waals surface area (Å²) in [4.78, 5) is 18.0. The fraction of sp³-hybridized carbons (Fsp3) is 0.727. The fourth-order valence-electron chi connectivity index (χ4n) is 1.67. The standard InChI is InChI=1S/C11H16N4OS/c1-15(6-9(16)12-8-4-5-8)11-13-10(14-17-11)7-2-3-7/h7-8H,2-6H2,1H3,(H,12,16). The summed E-state index contributed by atoms with van der Waals surface area (Å²) in [5.41, 5.74) is 0. The van der Waals surface area contributed by atoms with Gasteiger partial charge in [-0.2, -0.15) is 4.37 Å². The lowest BCUT2D eigenvalue weighted by molar-refractivity contribution is -0.119. The third kappa shape index (κ3) is 2.74. The van der Waals surface area contributed by atoms with Gasteiger partial charge in [0.05, 0.1) is 6.54 Å². The van der Waals surface area contributed by atoms with Gasteiger partial charge in [-0.05, 0) is 25.7 Å². The first kappa shape index (κ1) is 11.0. The maximum atomic E-state index is 11.6. The Bertz CT molecular complexity index is 425. The molecular weight excluding hydrogens is 236 g/mol. The van der Waals surface area contributed by atoms with Crippen molar-refractivity contribution in [3.63, 3.8) is 0 Å². The zero-order chi connectivity index (χ0) is 11.8. The Morgan fingerprint density at radius 2 is 2.24 bits per heavy atom. The minimum atomic E-state index is 0.0816. The second kappa shape index (κ2) is 4.25. The summed E-state index contributed by atoms with van der Waals surface area (Å²) in [5, 5.41) is 3.82. The SMILES string of the molecule is CN(CC(=O)NC1CC1)c1nc(C2CC2)ns1. The van der Waals surface area contributed by atoms with E-state index in [0.29, 0.717) is 18.5 Å². The summed E-state index contributed by atoms with van der Waals surface area (Å²) in [6.07, 6.45) is 4.67. The number of rotatable bonds is 5. The molecule has 2 fully saturated rings. The van der Waals surface area contributed by atoms with Crippen LogP contribution in [0, 0.1) is 0 Å². The molecule has 0 radical (unpaired) electrons. The first-order valence-corrected chi connectivity index (χ1v) is 6.84. The van der Waals surface area contributed by atoms with E-state index >= 15 is 0 Å². The molecule has 1 aromatic heterocycles. The number of likely N-dealkylation sites (N-methyl/N-ethyl adjacent to an activating group) is 1. The van der Waals surface area contributed by atoms with Gasteiger partial charge in [0.25, 0.3) is 0 Å². The Kier molecular flexibility index (Phi) is 2.74. The van der Waals surface area contributed by atoms with Crippen molar-refractivity contribution in [3.05, 3.63) is 5.82 Å². The van der Waals surface area contributed by atoms with Gasteiger partial charge in [0.15, 0.2) is 0 Å². The Labute approximate surface area is 104 Å². The van der Waals surface area contributed by atoms with Crippen LogP contribution < -0.4 is 10.2 Å². The van der Waals surface area contributed by atoms with Crippen molar-refractivity contribution in [2.75, 3.05) is 18.5 Å². The molecule has 0 spiro atoms. The third-order valence-corrected chi connectivity index (χ3v) is 3.87. The van der Waals surface area contributed by atoms with Crippen molar-refractivity contribution in [1.29, 1.82) is 0 Å². The minimum absolute atomic E-state index is 0.0816. The van der Waals surface area contributed by atoms with Crippen LogP contribution in [0.2, 0.25) is 0 Å². The van der Waals surface area contributed by atoms with E-state index in [1.165, 1.54) is 24.4 Å². The van der Waals surface area contributed by atoms with Crippen LogP contribution in [0.4, 0.5) is 5.13 Å². The number of carbonyl (C=O) groups is 1. The second-order valence-corrected chi connectivity index (χ2v) is 5.64. The number of nitrogens with one attached hydrogen (secondary N) is 1. The summed E-state index contributed by atoms with van der Waals surface area (Å²) in [6, 6.07) is 0.423. The van der Waals surface area contributed by atoms with Crippen LogP contribution in [0.15, 0.2) is 0 Å². The number of anilines is 1. The zero-order valence-corrected chi connectivity index (χ0v) is 10.7. The van der Waals surface area contributed by atoms with Crippen molar-refractivity contribution in [2.45, 2.75) is 37.6 Å². The van der Waals surface area contributed by atoms with Crippen molar-refractivity contribution in [3.8, 4) is 0 Å². The average Bonchev–Trinajstić information content (AvgIpc) is 3.20. The van der Waals surface area contributed by atoms with Crippen LogP contribution in [0.1, 0.15) is 37.4 Å². The van der Waals surface area contributed by atoms with Gasteiger partial charge in [0.2, 0.25) is 11.0 Å². The second-order valence-electron chi connectivity index (χ2n) is 4.91. The molecule has 0 atom stereocenters. The van der Waals surface area contributed by atoms with Gasteiger partial charge in [-0.3, -0.25) is 4.79 Å². The molecule has 0 aliphatic heterocycles. The molecule has 0 aromatic carbocycles. The molecule has 5 nitrogen and oxygen atoms in total. The summed E-state index contributed by atoms with van der Waals surface area (Å²) in [7, 11) is 1.89. The Morgan fingerprint density at radius 3 is 2.88 bits per heavy atom. The summed E-state index contributed by atoms with van der Waals surface area (Å²) < 4.78 is 4.34. The van der Waals surface area contributed by atoms with E-state index in [0.717, 1.165) is 23.8 Å². The molecular formula is C11H16N4OS. The van der Waals surface area contributed by atoms with Gasteiger partial charge < -0.3 is 10.2 Å². The highest BCUT2D eigenvalue weighted by Crippen LogP contribution is 2.39. The third-order valence-electron chi connectivity index (χ3n) is 3.02. The molecule has 2 aliphatic carbocycles. The molecule has 0 bridgehead atoms. The molecule has 92 valence electrons. The topological polar surface area (TPSA) is 58.1 Å². The normalized spacial score (nSPS) is 19.1. The predicted molar refractivity (Wildman–Crippen MR) is 66.3 cm³/mol. The molecule has 1 heterocycles. The van der Waals surface area contributed by atoms with Crippen molar-refractivity contribution < 1.29 is 4.79 Å². The smallest absolute Gasteiger partial charge is 0.239 e. The lowest BCUT2D eigenvalue weighted by Gasteiger charge is -2.14. The van der Waals surface area contributed by atoms with Crippen molar-refractivity contribution in [2.24, 2.45) is 0 Å². The van der Waals surface area contributed by atoms with Crippen LogP contribution in [-0.2, 0) is 4.79 Å². The van der Waals surface area contributed by atoms with Crippen LogP contribution in [0.25, 0.3) is 0 Å². The quantitative estimate of drug-likeness (QED) is 0.853. The molecule has 1 N–H and O–H groups in total. The van der Waals surface area contributed by atoms with E-state index in [1.807, 2.05) is 11.9 Å². The van der Waals surface area contributed by atoms with E-state index in [9.17, 15) is 4.79 Å². The molecule has 2 saturated carbocycles. The number of aromatic nitrogens is 2. The average molecular weight is 252 g/mol. The minimum Gasteiger partial charge on any atom is -0.352 e. The predicted octanol–water partition coefficient (Wildman–Crippen LogP) is 1.13. The van der Waals surface area contributed by atoms with Gasteiger partial charge in [0.1, 0.15) is 5.82 Å². The molecule has 1 amide bonds. The lowest BCUT2D eigenvalue weighted by atomic mass is 10.4. The first-order valence-electron chi connectivity index (χ1n) is 6.06. The molecule has 17 heavy (non-hydrogen) atoms. The van der Waals surface area contributed by atoms with E-state index in [4.69, 9.17) is 0 Å². The Morgan fingerprint density at radius 1 is 1.47 bits per heavy atom. The summed E-state index contributed by atoms with van der Waals surface area (Å²) in [6.45, 7) is 0.371. The summed E-state index contributed by atoms with van der Waals surface area (Å²) >= 11 is 1.39. The highest BCUT2D eigenvalue weighted by Gasteiger charge is 2.28. The Hall–Kier alpha value is -1.17. The van der Waals surface area contributed by atoms with Crippen LogP contribution in [-0.4, -0.2) is 34.9 Å². The van der Waals surface area contributed by atoms with E-state index in [-0.39, 0.29) is 5.91 Å². The lowest BCUT2D eigenvalue weighted by Crippen LogP contribution is -2.36. The molecule has 6 heteroatoms. The molecule has 1 aromatic rings. The van der Waals surface area contributed by atoms with Crippen LogP contribution in [0.5, 0.6) is 0 Å². The monoisotopic (exact) mass is 252 g/mol. The number of amides is 1. The molecule has 0 unspecified atom stereocenters. The maximum absolute atomic E-state index is 11.6. The first-order chi connectivity index (χ1) is 8.22. The summed E-state index contributed by atoms with van der Waals surface area (Å²) in [5.74, 6) is 1.62.